The molecule has 1 fully saturated rings. The number of rotatable bonds is 4. The van der Waals surface area contributed by atoms with Crippen molar-refractivity contribution in [1.82, 2.24) is 4.90 Å². The highest BCUT2D eigenvalue weighted by Gasteiger charge is 2.23. The van der Waals surface area contributed by atoms with Crippen molar-refractivity contribution in [2.24, 2.45) is 0 Å². The van der Waals surface area contributed by atoms with Gasteiger partial charge in [-0.05, 0) is 29.7 Å². The van der Waals surface area contributed by atoms with Crippen molar-refractivity contribution in [3.05, 3.63) is 54.1 Å². The van der Waals surface area contributed by atoms with Crippen LogP contribution >= 0.6 is 0 Å². The van der Waals surface area contributed by atoms with Gasteiger partial charge >= 0.3 is 6.03 Å². The zero-order valence-electron chi connectivity index (χ0n) is 15.7. The number of amides is 2. The van der Waals surface area contributed by atoms with E-state index in [1.54, 1.807) is 7.11 Å². The first-order chi connectivity index (χ1) is 12.6. The third kappa shape index (κ3) is 3.93. The van der Waals surface area contributed by atoms with E-state index < -0.39 is 0 Å². The highest BCUT2D eigenvalue weighted by Crippen LogP contribution is 2.28. The van der Waals surface area contributed by atoms with Gasteiger partial charge in [-0.15, -0.1) is 0 Å². The maximum absolute atomic E-state index is 12.6. The predicted octanol–water partition coefficient (Wildman–Crippen LogP) is 4.17. The second-order valence-electron chi connectivity index (χ2n) is 6.82. The lowest BCUT2D eigenvalue weighted by Crippen LogP contribution is -2.50. The fourth-order valence-corrected chi connectivity index (χ4v) is 3.36. The normalized spacial score (nSPS) is 14.5. The molecule has 0 aromatic heterocycles. The molecule has 138 valence electrons. The Morgan fingerprint density at radius 3 is 2.35 bits per heavy atom. The number of anilines is 2. The van der Waals surface area contributed by atoms with Gasteiger partial charge in [0, 0.05) is 31.9 Å². The lowest BCUT2D eigenvalue weighted by atomic mass is 10.00. The molecular weight excluding hydrogens is 326 g/mol. The topological polar surface area (TPSA) is 44.8 Å². The lowest BCUT2D eigenvalue weighted by molar-refractivity contribution is 0.208. The van der Waals surface area contributed by atoms with Gasteiger partial charge < -0.3 is 19.9 Å². The van der Waals surface area contributed by atoms with Gasteiger partial charge in [0.05, 0.1) is 12.8 Å². The largest absolute Gasteiger partial charge is 0.495 e. The summed E-state index contributed by atoms with van der Waals surface area (Å²) in [5.74, 6) is 1.16. The second kappa shape index (κ2) is 8.13. The molecule has 0 atom stereocenters. The number of hydrogen-bond acceptors (Lipinski definition) is 3. The van der Waals surface area contributed by atoms with Crippen LogP contribution in [0.25, 0.3) is 0 Å². The van der Waals surface area contributed by atoms with Crippen molar-refractivity contribution in [1.29, 1.82) is 0 Å². The van der Waals surface area contributed by atoms with Crippen LogP contribution in [0.5, 0.6) is 5.75 Å². The van der Waals surface area contributed by atoms with Gasteiger partial charge in [-0.1, -0.05) is 44.2 Å². The number of benzene rings is 2. The number of ether oxygens (including phenoxy) is 1. The fraction of sp³-hybridized carbons (Fsp3) is 0.381. The van der Waals surface area contributed by atoms with E-state index in [2.05, 4.69) is 48.3 Å². The minimum absolute atomic E-state index is 0.0775. The Morgan fingerprint density at radius 2 is 1.65 bits per heavy atom. The molecule has 3 rings (SSSR count). The molecule has 2 aromatic carbocycles. The Bertz CT molecular complexity index is 752. The Hall–Kier alpha value is -2.69. The smallest absolute Gasteiger partial charge is 0.322 e. The van der Waals surface area contributed by atoms with Crippen LogP contribution in [-0.2, 0) is 0 Å². The number of nitrogens with one attached hydrogen (secondary N) is 1. The average Bonchev–Trinajstić information content (AvgIpc) is 2.68. The van der Waals surface area contributed by atoms with Gasteiger partial charge in [0.2, 0.25) is 0 Å². The van der Waals surface area contributed by atoms with Crippen molar-refractivity contribution in [2.45, 2.75) is 19.8 Å². The third-order valence-corrected chi connectivity index (χ3v) is 4.81. The fourth-order valence-electron chi connectivity index (χ4n) is 3.36. The van der Waals surface area contributed by atoms with Crippen molar-refractivity contribution < 1.29 is 9.53 Å². The van der Waals surface area contributed by atoms with Gasteiger partial charge in [0.1, 0.15) is 5.75 Å². The first-order valence-electron chi connectivity index (χ1n) is 9.13. The van der Waals surface area contributed by atoms with E-state index in [1.807, 2.05) is 29.2 Å². The van der Waals surface area contributed by atoms with Crippen LogP contribution in [0.15, 0.2) is 48.5 Å². The summed E-state index contributed by atoms with van der Waals surface area (Å²) in [5, 5.41) is 2.96. The van der Waals surface area contributed by atoms with E-state index in [0.29, 0.717) is 30.4 Å². The highest BCUT2D eigenvalue weighted by atomic mass is 16.5. The number of methoxy groups -OCH3 is 1. The van der Waals surface area contributed by atoms with Gasteiger partial charge in [0.15, 0.2) is 0 Å². The van der Waals surface area contributed by atoms with Crippen LogP contribution in [-0.4, -0.2) is 44.2 Å². The Labute approximate surface area is 155 Å². The molecule has 0 radical (unpaired) electrons. The molecule has 0 saturated carbocycles. The molecule has 1 aliphatic heterocycles. The van der Waals surface area contributed by atoms with Gasteiger partial charge in [-0.2, -0.15) is 0 Å². The zero-order chi connectivity index (χ0) is 18.5. The maximum Gasteiger partial charge on any atom is 0.322 e. The Morgan fingerprint density at radius 1 is 1.00 bits per heavy atom. The predicted molar refractivity (Wildman–Crippen MR) is 106 cm³/mol. The summed E-state index contributed by atoms with van der Waals surface area (Å²) in [5.41, 5.74) is 3.35. The first-order valence-corrected chi connectivity index (χ1v) is 9.13. The molecule has 0 bridgehead atoms. The van der Waals surface area contributed by atoms with E-state index in [9.17, 15) is 4.79 Å². The second-order valence-corrected chi connectivity index (χ2v) is 6.82. The van der Waals surface area contributed by atoms with E-state index >= 15 is 0 Å². The third-order valence-electron chi connectivity index (χ3n) is 4.81. The number of carbonyl (C=O) groups excluding carboxylic acids is 1. The van der Waals surface area contributed by atoms with Gasteiger partial charge in [-0.3, -0.25) is 0 Å². The summed E-state index contributed by atoms with van der Waals surface area (Å²) in [7, 11) is 1.61. The molecule has 1 saturated heterocycles. The van der Waals surface area contributed by atoms with Crippen LogP contribution in [0.3, 0.4) is 0 Å². The van der Waals surface area contributed by atoms with Crippen LogP contribution in [0.2, 0.25) is 0 Å². The van der Waals surface area contributed by atoms with E-state index in [-0.39, 0.29) is 6.03 Å². The number of urea groups is 1. The van der Waals surface area contributed by atoms with Crippen LogP contribution < -0.4 is 15.0 Å². The molecule has 1 heterocycles. The van der Waals surface area contributed by atoms with E-state index in [0.717, 1.165) is 13.1 Å². The number of para-hydroxylation sites is 3. The SMILES string of the molecule is COc1ccccc1NC(=O)N1CCN(c2ccccc2C(C)C)CC1. The summed E-state index contributed by atoms with van der Waals surface area (Å²) in [4.78, 5) is 16.8. The van der Waals surface area contributed by atoms with Gasteiger partial charge in [-0.25, -0.2) is 4.79 Å². The molecule has 0 unspecified atom stereocenters. The van der Waals surface area contributed by atoms with Crippen LogP contribution in [0, 0.1) is 0 Å². The van der Waals surface area contributed by atoms with E-state index in [4.69, 9.17) is 4.74 Å². The van der Waals surface area contributed by atoms with E-state index in [1.165, 1.54) is 11.3 Å². The molecule has 2 amide bonds. The summed E-state index contributed by atoms with van der Waals surface area (Å²) >= 11 is 0. The quantitative estimate of drug-likeness (QED) is 0.897. The average molecular weight is 353 g/mol. The molecule has 1 N–H and O–H groups in total. The number of nitrogens with zero attached hydrogens (tertiary/aromatic N) is 2. The summed E-state index contributed by atoms with van der Waals surface area (Å²) < 4.78 is 5.30. The van der Waals surface area contributed by atoms with Crippen molar-refractivity contribution in [2.75, 3.05) is 43.5 Å². The number of carbonyl (C=O) groups is 1. The molecule has 26 heavy (non-hydrogen) atoms. The standard InChI is InChI=1S/C21H27N3O2/c1-16(2)17-8-4-6-10-19(17)23-12-14-24(15-13-23)21(25)22-18-9-5-7-11-20(18)26-3/h4-11,16H,12-15H2,1-3H3,(H,22,25). The lowest BCUT2D eigenvalue weighted by Gasteiger charge is -2.37. The summed E-state index contributed by atoms with van der Waals surface area (Å²) in [6, 6.07) is 15.9. The summed E-state index contributed by atoms with van der Waals surface area (Å²) in [6.45, 7) is 7.51. The monoisotopic (exact) mass is 353 g/mol. The molecule has 0 aliphatic carbocycles. The minimum Gasteiger partial charge on any atom is -0.495 e. The maximum atomic E-state index is 12.6. The highest BCUT2D eigenvalue weighted by molar-refractivity contribution is 5.91. The zero-order valence-corrected chi connectivity index (χ0v) is 15.7. The van der Waals surface area contributed by atoms with Gasteiger partial charge in [0.25, 0.3) is 0 Å². The van der Waals surface area contributed by atoms with Crippen LogP contribution in [0.1, 0.15) is 25.3 Å². The molecule has 5 nitrogen and oxygen atoms in total. The molecule has 5 heteroatoms. The van der Waals surface area contributed by atoms with Crippen molar-refractivity contribution >= 4 is 17.4 Å². The minimum atomic E-state index is -0.0775. The molecular formula is C21H27N3O2. The number of piperazine rings is 1. The molecule has 1 aliphatic rings. The first kappa shape index (κ1) is 18.1. The number of hydrogen-bond donors (Lipinski definition) is 1. The molecule has 2 aromatic rings. The van der Waals surface area contributed by atoms with Crippen LogP contribution in [0.4, 0.5) is 16.2 Å². The Kier molecular flexibility index (Phi) is 5.66. The van der Waals surface area contributed by atoms with Crippen molar-refractivity contribution in [3.8, 4) is 5.75 Å². The summed E-state index contributed by atoms with van der Waals surface area (Å²) in [6.07, 6.45) is 0. The van der Waals surface area contributed by atoms with Crippen molar-refractivity contribution in [3.63, 3.8) is 0 Å². The molecule has 0 spiro atoms. The Balaban J connectivity index is 1.63.